The zero-order valence-corrected chi connectivity index (χ0v) is 10.7. The van der Waals surface area contributed by atoms with Gasteiger partial charge in [-0.3, -0.25) is 4.79 Å². The van der Waals surface area contributed by atoms with E-state index in [-0.39, 0.29) is 11.3 Å². The molecule has 2 aromatic carbocycles. The van der Waals surface area contributed by atoms with Gasteiger partial charge in [-0.15, -0.1) is 0 Å². The van der Waals surface area contributed by atoms with Crippen LogP contribution >= 0.6 is 0 Å². The van der Waals surface area contributed by atoms with Gasteiger partial charge in [-0.25, -0.2) is 0 Å². The van der Waals surface area contributed by atoms with Crippen LogP contribution in [0.5, 0.6) is 0 Å². The fourth-order valence-electron chi connectivity index (χ4n) is 1.78. The van der Waals surface area contributed by atoms with Crippen molar-refractivity contribution in [3.8, 4) is 0 Å². The molecule has 104 valence electrons. The maximum Gasteiger partial charge on any atom is 0.418 e. The molecule has 1 N–H and O–H groups in total. The van der Waals surface area contributed by atoms with Crippen LogP contribution in [0.3, 0.4) is 0 Å². The molecule has 0 fully saturated rings. The molecule has 0 atom stereocenters. The Morgan fingerprint density at radius 3 is 2.25 bits per heavy atom. The van der Waals surface area contributed by atoms with Crippen LogP contribution < -0.4 is 5.32 Å². The third-order valence-corrected chi connectivity index (χ3v) is 2.78. The van der Waals surface area contributed by atoms with E-state index in [0.29, 0.717) is 5.69 Å². The normalized spacial score (nSPS) is 11.2. The highest BCUT2D eigenvalue weighted by molar-refractivity contribution is 5.95. The van der Waals surface area contributed by atoms with E-state index in [4.69, 9.17) is 0 Å². The number of Topliss-reactive ketones (excluding diaryl/α,β-unsaturated/α-hetero) is 1. The number of alkyl halides is 3. The topological polar surface area (TPSA) is 29.1 Å². The molecule has 0 bridgehead atoms. The van der Waals surface area contributed by atoms with E-state index in [2.05, 4.69) is 5.32 Å². The summed E-state index contributed by atoms with van der Waals surface area (Å²) in [4.78, 5) is 11.2. The maximum absolute atomic E-state index is 13.0. The van der Waals surface area contributed by atoms with Gasteiger partial charge < -0.3 is 5.32 Å². The first-order chi connectivity index (χ1) is 9.38. The zero-order valence-electron chi connectivity index (χ0n) is 10.7. The van der Waals surface area contributed by atoms with E-state index in [0.717, 1.165) is 6.07 Å². The Balaban J connectivity index is 2.45. The van der Waals surface area contributed by atoms with Crippen molar-refractivity contribution < 1.29 is 18.0 Å². The lowest BCUT2D eigenvalue weighted by molar-refractivity contribution is -0.136. The molecule has 0 amide bonds. The van der Waals surface area contributed by atoms with Crippen molar-refractivity contribution in [2.75, 3.05) is 5.32 Å². The highest BCUT2D eigenvalue weighted by atomic mass is 19.4. The average Bonchev–Trinajstić information content (AvgIpc) is 2.39. The molecule has 20 heavy (non-hydrogen) atoms. The van der Waals surface area contributed by atoms with Crippen LogP contribution in [0.1, 0.15) is 22.8 Å². The van der Waals surface area contributed by atoms with Gasteiger partial charge >= 0.3 is 6.18 Å². The Hall–Kier alpha value is -2.30. The molecule has 0 saturated heterocycles. The second kappa shape index (κ2) is 5.36. The van der Waals surface area contributed by atoms with E-state index in [9.17, 15) is 18.0 Å². The van der Waals surface area contributed by atoms with Gasteiger partial charge in [0.2, 0.25) is 0 Å². The van der Waals surface area contributed by atoms with Crippen LogP contribution in [0.15, 0.2) is 48.5 Å². The van der Waals surface area contributed by atoms with Gasteiger partial charge in [-0.2, -0.15) is 13.2 Å². The Kier molecular flexibility index (Phi) is 3.79. The summed E-state index contributed by atoms with van der Waals surface area (Å²) in [5.41, 5.74) is -0.340. The summed E-state index contributed by atoms with van der Waals surface area (Å²) >= 11 is 0. The minimum Gasteiger partial charge on any atom is -0.355 e. The van der Waals surface area contributed by atoms with Crippen LogP contribution in [0, 0.1) is 0 Å². The van der Waals surface area contributed by atoms with Crippen molar-refractivity contribution >= 4 is 17.2 Å². The molecule has 0 spiro atoms. The van der Waals surface area contributed by atoms with Crippen LogP contribution in [0.2, 0.25) is 0 Å². The first kappa shape index (κ1) is 14.1. The summed E-state index contributed by atoms with van der Waals surface area (Å²) in [6.45, 7) is 1.24. The Morgan fingerprint density at radius 1 is 1.05 bits per heavy atom. The molecular formula is C15H12F3NO. The summed E-state index contributed by atoms with van der Waals surface area (Å²) in [5.74, 6) is -0.401. The van der Waals surface area contributed by atoms with Crippen molar-refractivity contribution in [2.24, 2.45) is 0 Å². The molecule has 2 aromatic rings. The first-order valence-corrected chi connectivity index (χ1v) is 5.92. The lowest BCUT2D eigenvalue weighted by Crippen LogP contribution is -2.10. The van der Waals surface area contributed by atoms with Crippen molar-refractivity contribution in [3.63, 3.8) is 0 Å². The Morgan fingerprint density at radius 2 is 1.70 bits per heavy atom. The molecule has 0 heterocycles. The lowest BCUT2D eigenvalue weighted by atomic mass is 10.1. The summed E-state index contributed by atoms with van der Waals surface area (Å²) < 4.78 is 39.1. The number of rotatable bonds is 3. The summed E-state index contributed by atoms with van der Waals surface area (Å²) in [6, 6.07) is 12.1. The van der Waals surface area contributed by atoms with E-state index < -0.39 is 17.5 Å². The molecule has 0 aromatic heterocycles. The number of para-hydroxylation sites is 1. The Labute approximate surface area is 114 Å². The molecule has 0 aliphatic carbocycles. The summed E-state index contributed by atoms with van der Waals surface area (Å²) in [5, 5.41) is 2.71. The molecule has 0 unspecified atom stereocenters. The van der Waals surface area contributed by atoms with Crippen molar-refractivity contribution in [1.29, 1.82) is 0 Å². The number of hydrogen-bond acceptors (Lipinski definition) is 2. The van der Waals surface area contributed by atoms with E-state index in [1.165, 1.54) is 19.1 Å². The predicted octanol–water partition coefficient (Wildman–Crippen LogP) is 4.65. The molecule has 5 heteroatoms. The van der Waals surface area contributed by atoms with Gasteiger partial charge in [-0.1, -0.05) is 18.2 Å². The van der Waals surface area contributed by atoms with Crippen molar-refractivity contribution in [2.45, 2.75) is 13.1 Å². The quantitative estimate of drug-likeness (QED) is 0.828. The largest absolute Gasteiger partial charge is 0.418 e. The number of ketones is 1. The maximum atomic E-state index is 13.0. The van der Waals surface area contributed by atoms with Crippen LogP contribution in [0.25, 0.3) is 0 Å². The number of carbonyl (C=O) groups excluding carboxylic acids is 1. The molecule has 0 saturated carbocycles. The smallest absolute Gasteiger partial charge is 0.355 e. The van der Waals surface area contributed by atoms with Crippen molar-refractivity contribution in [3.05, 3.63) is 59.7 Å². The zero-order chi connectivity index (χ0) is 14.8. The van der Waals surface area contributed by atoms with Gasteiger partial charge in [-0.05, 0) is 37.3 Å². The molecule has 0 radical (unpaired) electrons. The van der Waals surface area contributed by atoms with Gasteiger partial charge in [0.25, 0.3) is 0 Å². The van der Waals surface area contributed by atoms with E-state index in [1.807, 2.05) is 0 Å². The van der Waals surface area contributed by atoms with E-state index in [1.54, 1.807) is 30.3 Å². The van der Waals surface area contributed by atoms with Crippen LogP contribution in [0.4, 0.5) is 24.5 Å². The fraction of sp³-hybridized carbons (Fsp3) is 0.133. The standard InChI is InChI=1S/C15H12F3NO/c1-10(20)11-7-8-14(13(9-11)15(16,17)18)19-12-5-3-2-4-6-12/h2-9,19H,1H3. The summed E-state index contributed by atoms with van der Waals surface area (Å²) in [7, 11) is 0. The molecule has 2 rings (SSSR count). The molecule has 0 aliphatic rings. The number of hydrogen-bond donors (Lipinski definition) is 1. The number of carbonyl (C=O) groups is 1. The van der Waals surface area contributed by atoms with Gasteiger partial charge in [0, 0.05) is 11.3 Å². The second-order valence-corrected chi connectivity index (χ2v) is 4.31. The van der Waals surface area contributed by atoms with Gasteiger partial charge in [0.15, 0.2) is 5.78 Å². The minimum absolute atomic E-state index is 0.0379. The molecular weight excluding hydrogens is 267 g/mol. The van der Waals surface area contributed by atoms with E-state index >= 15 is 0 Å². The summed E-state index contributed by atoms with van der Waals surface area (Å²) in [6.07, 6.45) is -4.53. The predicted molar refractivity (Wildman–Crippen MR) is 71.2 cm³/mol. The average molecular weight is 279 g/mol. The minimum atomic E-state index is -4.53. The van der Waals surface area contributed by atoms with Gasteiger partial charge in [0.05, 0.1) is 11.3 Å². The third-order valence-electron chi connectivity index (χ3n) is 2.78. The highest BCUT2D eigenvalue weighted by Gasteiger charge is 2.34. The van der Waals surface area contributed by atoms with Crippen molar-refractivity contribution in [1.82, 2.24) is 0 Å². The highest BCUT2D eigenvalue weighted by Crippen LogP contribution is 2.36. The fourth-order valence-corrected chi connectivity index (χ4v) is 1.78. The van der Waals surface area contributed by atoms with Crippen LogP contribution in [-0.2, 0) is 6.18 Å². The van der Waals surface area contributed by atoms with Crippen LogP contribution in [-0.4, -0.2) is 5.78 Å². The number of anilines is 2. The monoisotopic (exact) mass is 279 g/mol. The SMILES string of the molecule is CC(=O)c1ccc(Nc2ccccc2)c(C(F)(F)F)c1. The number of halogens is 3. The number of benzene rings is 2. The molecule has 2 nitrogen and oxygen atoms in total. The lowest BCUT2D eigenvalue weighted by Gasteiger charge is -2.15. The first-order valence-electron chi connectivity index (χ1n) is 5.92. The number of nitrogens with one attached hydrogen (secondary N) is 1. The second-order valence-electron chi connectivity index (χ2n) is 4.31. The van der Waals surface area contributed by atoms with Gasteiger partial charge in [0.1, 0.15) is 0 Å². The molecule has 0 aliphatic heterocycles. The Bertz CT molecular complexity index is 621. The third kappa shape index (κ3) is 3.17.